The van der Waals surface area contributed by atoms with E-state index in [1.807, 2.05) is 47.5 Å². The Hall–Kier alpha value is -3.41. The van der Waals surface area contributed by atoms with Crippen molar-refractivity contribution in [2.24, 2.45) is 0 Å². The Bertz CT molecular complexity index is 975. The molecule has 6 heteroatoms. The Morgan fingerprint density at radius 2 is 1.81 bits per heavy atom. The van der Waals surface area contributed by atoms with Crippen molar-refractivity contribution in [3.05, 3.63) is 72.9 Å². The average molecular weight is 359 g/mol. The van der Waals surface area contributed by atoms with Crippen LogP contribution >= 0.6 is 0 Å². The van der Waals surface area contributed by atoms with E-state index in [0.29, 0.717) is 5.69 Å². The Kier molecular flexibility index (Phi) is 4.96. The summed E-state index contributed by atoms with van der Waals surface area (Å²) in [5.41, 5.74) is 3.78. The van der Waals surface area contributed by atoms with Crippen LogP contribution in [0.15, 0.2) is 67.3 Å². The third kappa shape index (κ3) is 3.89. The van der Waals surface area contributed by atoms with Gasteiger partial charge in [0, 0.05) is 48.1 Å². The molecule has 4 aromatic rings. The fraction of sp³-hybridized carbons (Fsp3) is 0.190. The molecule has 0 atom stereocenters. The lowest BCUT2D eigenvalue weighted by atomic mass is 10.1. The van der Waals surface area contributed by atoms with Gasteiger partial charge in [-0.15, -0.1) is 0 Å². The number of rotatable bonds is 2. The number of H-pyrrole nitrogens is 2. The number of carbonyl (C=O) groups excluding carboxylic acids is 1. The Morgan fingerprint density at radius 3 is 2.44 bits per heavy atom. The van der Waals surface area contributed by atoms with Crippen LogP contribution in [0.5, 0.6) is 0 Å². The number of hydrogen-bond donors (Lipinski definition) is 2. The molecule has 3 aromatic heterocycles. The molecule has 136 valence electrons. The minimum atomic E-state index is 0.105. The maximum absolute atomic E-state index is 12.4. The van der Waals surface area contributed by atoms with E-state index in [0.717, 1.165) is 48.0 Å². The van der Waals surface area contributed by atoms with E-state index in [1.165, 1.54) is 0 Å². The summed E-state index contributed by atoms with van der Waals surface area (Å²) < 4.78 is 0. The molecule has 2 N–H and O–H groups in total. The van der Waals surface area contributed by atoms with Gasteiger partial charge in [-0.1, -0.05) is 18.2 Å². The number of pyridine rings is 1. The summed E-state index contributed by atoms with van der Waals surface area (Å²) >= 11 is 0. The lowest BCUT2D eigenvalue weighted by Crippen LogP contribution is -2.27. The highest BCUT2D eigenvalue weighted by molar-refractivity contribution is 5.98. The number of hydrogen-bond acceptors (Lipinski definition) is 3. The molecular formula is C21H21N5O. The first kappa shape index (κ1) is 17.0. The van der Waals surface area contributed by atoms with Crippen LogP contribution in [0.4, 0.5) is 0 Å². The van der Waals surface area contributed by atoms with Gasteiger partial charge in [-0.3, -0.25) is 14.9 Å². The molecule has 0 radical (unpaired) electrons. The van der Waals surface area contributed by atoms with Gasteiger partial charge in [0.25, 0.3) is 5.91 Å². The first-order valence-corrected chi connectivity index (χ1v) is 9.07. The monoisotopic (exact) mass is 359 g/mol. The standard InChI is InChI=1S/C16H16N4O.C5H5N/c21-16(20-5-1-2-6-20)15-8-12-4-3-11(7-14(12)19-15)13-9-17-18-10-13;1-2-4-6-5-3-1/h3-4,7-10,19H,1-2,5-6H2,(H,17,18);1-5H. The lowest BCUT2D eigenvalue weighted by molar-refractivity contribution is 0.0788. The fourth-order valence-corrected chi connectivity index (χ4v) is 3.23. The number of amides is 1. The molecule has 0 unspecified atom stereocenters. The van der Waals surface area contributed by atoms with Gasteiger partial charge in [0.15, 0.2) is 0 Å². The molecule has 1 aliphatic rings. The van der Waals surface area contributed by atoms with E-state index in [4.69, 9.17) is 0 Å². The molecule has 0 aliphatic carbocycles. The number of benzene rings is 1. The van der Waals surface area contributed by atoms with Crippen molar-refractivity contribution in [1.29, 1.82) is 0 Å². The van der Waals surface area contributed by atoms with Crippen molar-refractivity contribution in [2.45, 2.75) is 12.8 Å². The number of nitrogens with one attached hydrogen (secondary N) is 2. The zero-order valence-electron chi connectivity index (χ0n) is 14.9. The molecule has 1 aromatic carbocycles. The van der Waals surface area contributed by atoms with E-state index < -0.39 is 0 Å². The molecule has 27 heavy (non-hydrogen) atoms. The lowest BCUT2D eigenvalue weighted by Gasteiger charge is -2.13. The highest BCUT2D eigenvalue weighted by Crippen LogP contribution is 2.25. The van der Waals surface area contributed by atoms with Gasteiger partial charge in [-0.25, -0.2) is 0 Å². The second kappa shape index (κ2) is 7.86. The molecular weight excluding hydrogens is 338 g/mol. The smallest absolute Gasteiger partial charge is 0.270 e. The van der Waals surface area contributed by atoms with Gasteiger partial charge in [0.05, 0.1) is 6.20 Å². The quantitative estimate of drug-likeness (QED) is 0.570. The predicted molar refractivity (Wildman–Crippen MR) is 105 cm³/mol. The molecule has 5 rings (SSSR count). The summed E-state index contributed by atoms with van der Waals surface area (Å²) in [6.45, 7) is 1.74. The highest BCUT2D eigenvalue weighted by atomic mass is 16.2. The molecule has 6 nitrogen and oxygen atoms in total. The summed E-state index contributed by atoms with van der Waals surface area (Å²) in [5, 5.41) is 7.84. The number of carbonyl (C=O) groups is 1. The van der Waals surface area contributed by atoms with Crippen molar-refractivity contribution >= 4 is 16.8 Å². The van der Waals surface area contributed by atoms with Crippen LogP contribution in [0, 0.1) is 0 Å². The van der Waals surface area contributed by atoms with Gasteiger partial charge in [-0.2, -0.15) is 5.10 Å². The van der Waals surface area contributed by atoms with Gasteiger partial charge < -0.3 is 9.88 Å². The maximum Gasteiger partial charge on any atom is 0.270 e. The van der Waals surface area contributed by atoms with Crippen LogP contribution in [0.3, 0.4) is 0 Å². The van der Waals surface area contributed by atoms with Crippen LogP contribution in [-0.2, 0) is 0 Å². The van der Waals surface area contributed by atoms with E-state index in [1.54, 1.807) is 18.6 Å². The summed E-state index contributed by atoms with van der Waals surface area (Å²) in [6, 6.07) is 13.8. The Morgan fingerprint density at radius 1 is 1.00 bits per heavy atom. The number of fused-ring (bicyclic) bond motifs is 1. The number of likely N-dealkylation sites (tertiary alicyclic amines) is 1. The molecule has 4 heterocycles. The molecule has 1 aliphatic heterocycles. The normalized spacial score (nSPS) is 13.4. The van der Waals surface area contributed by atoms with Gasteiger partial charge in [0.2, 0.25) is 0 Å². The minimum absolute atomic E-state index is 0.105. The zero-order valence-corrected chi connectivity index (χ0v) is 14.9. The molecule has 0 bridgehead atoms. The summed E-state index contributed by atoms with van der Waals surface area (Å²) in [5.74, 6) is 0.105. The summed E-state index contributed by atoms with van der Waals surface area (Å²) in [7, 11) is 0. The predicted octanol–water partition coefficient (Wildman–Crippen LogP) is 3.88. The SMILES string of the molecule is O=C(c1cc2ccc(-c3cn[nH]c3)cc2[nH]1)N1CCCC1.c1ccncc1. The zero-order chi connectivity index (χ0) is 18.5. The van der Waals surface area contributed by atoms with Crippen LogP contribution in [-0.4, -0.2) is 44.1 Å². The summed E-state index contributed by atoms with van der Waals surface area (Å²) in [6.07, 6.45) is 9.37. The van der Waals surface area contributed by atoms with Gasteiger partial charge in [0.1, 0.15) is 5.69 Å². The van der Waals surface area contributed by atoms with Crippen molar-refractivity contribution in [1.82, 2.24) is 25.1 Å². The molecule has 1 fully saturated rings. The Labute approximate surface area is 157 Å². The number of aromatic amines is 2. The third-order valence-corrected chi connectivity index (χ3v) is 4.64. The van der Waals surface area contributed by atoms with Crippen LogP contribution in [0.25, 0.3) is 22.0 Å². The fourth-order valence-electron chi connectivity index (χ4n) is 3.23. The van der Waals surface area contributed by atoms with E-state index in [2.05, 4.69) is 26.2 Å². The van der Waals surface area contributed by atoms with Crippen LogP contribution in [0.2, 0.25) is 0 Å². The second-order valence-electron chi connectivity index (χ2n) is 6.50. The van der Waals surface area contributed by atoms with Gasteiger partial charge in [-0.05, 0) is 42.7 Å². The topological polar surface area (TPSA) is 77.7 Å². The second-order valence-corrected chi connectivity index (χ2v) is 6.50. The summed E-state index contributed by atoms with van der Waals surface area (Å²) in [4.78, 5) is 21.4. The molecule has 1 amide bonds. The molecule has 1 saturated heterocycles. The Balaban J connectivity index is 0.000000257. The molecule has 0 spiro atoms. The highest BCUT2D eigenvalue weighted by Gasteiger charge is 2.20. The van der Waals surface area contributed by atoms with Crippen LogP contribution < -0.4 is 0 Å². The van der Waals surface area contributed by atoms with Crippen molar-refractivity contribution in [3.63, 3.8) is 0 Å². The van der Waals surface area contributed by atoms with Crippen molar-refractivity contribution in [3.8, 4) is 11.1 Å². The van der Waals surface area contributed by atoms with Crippen molar-refractivity contribution in [2.75, 3.05) is 13.1 Å². The maximum atomic E-state index is 12.4. The molecule has 0 saturated carbocycles. The third-order valence-electron chi connectivity index (χ3n) is 4.64. The first-order valence-electron chi connectivity index (χ1n) is 9.07. The van der Waals surface area contributed by atoms with Gasteiger partial charge >= 0.3 is 0 Å². The first-order chi connectivity index (χ1) is 13.3. The van der Waals surface area contributed by atoms with E-state index >= 15 is 0 Å². The average Bonchev–Trinajstić information content (AvgIpc) is 3.50. The van der Waals surface area contributed by atoms with Crippen LogP contribution in [0.1, 0.15) is 23.3 Å². The number of aromatic nitrogens is 4. The minimum Gasteiger partial charge on any atom is -0.351 e. The van der Waals surface area contributed by atoms with E-state index in [-0.39, 0.29) is 5.91 Å². The largest absolute Gasteiger partial charge is 0.351 e. The van der Waals surface area contributed by atoms with E-state index in [9.17, 15) is 4.79 Å². The van der Waals surface area contributed by atoms with Crippen molar-refractivity contribution < 1.29 is 4.79 Å². The number of nitrogens with zero attached hydrogens (tertiary/aromatic N) is 3.